The van der Waals surface area contributed by atoms with E-state index in [0.717, 1.165) is 6.07 Å². The number of aliphatic hydroxyl groups excluding tert-OH is 1. The van der Waals surface area contributed by atoms with Gasteiger partial charge < -0.3 is 9.84 Å². The van der Waals surface area contributed by atoms with Gasteiger partial charge in [-0.1, -0.05) is 0 Å². The summed E-state index contributed by atoms with van der Waals surface area (Å²) in [5.41, 5.74) is -1.62. The first kappa shape index (κ1) is 16.0. The zero-order valence-corrected chi connectivity index (χ0v) is 10.6. The molecular weight excluding hydrogens is 275 g/mol. The predicted molar refractivity (Wildman–Crippen MR) is 62.4 cm³/mol. The molecule has 0 fully saturated rings. The molecule has 0 unspecified atom stereocenters. The van der Waals surface area contributed by atoms with Crippen LogP contribution in [0.3, 0.4) is 0 Å². The van der Waals surface area contributed by atoms with Crippen molar-refractivity contribution in [3.8, 4) is 6.07 Å². The summed E-state index contributed by atoms with van der Waals surface area (Å²) in [4.78, 5) is 11.4. The van der Waals surface area contributed by atoms with Gasteiger partial charge in [-0.2, -0.15) is 18.4 Å². The first-order valence-electron chi connectivity index (χ1n) is 5.73. The van der Waals surface area contributed by atoms with Crippen molar-refractivity contribution in [1.82, 2.24) is 0 Å². The molecule has 1 rings (SSSR count). The van der Waals surface area contributed by atoms with Crippen molar-refractivity contribution in [2.45, 2.75) is 26.1 Å². The number of nitriles is 1. The second-order valence-corrected chi connectivity index (χ2v) is 3.92. The molecule has 0 atom stereocenters. The van der Waals surface area contributed by atoms with Gasteiger partial charge in [0.15, 0.2) is 0 Å². The molecule has 1 N–H and O–H groups in total. The topological polar surface area (TPSA) is 70.3 Å². The molecule has 0 spiro atoms. The molecule has 1 aromatic rings. The molecule has 0 aliphatic rings. The van der Waals surface area contributed by atoms with E-state index in [1.54, 1.807) is 6.92 Å². The summed E-state index contributed by atoms with van der Waals surface area (Å²) in [5, 5.41) is 17.9. The maximum absolute atomic E-state index is 12.7. The fraction of sp³-hybridized carbons (Fsp3) is 0.385. The van der Waals surface area contributed by atoms with Crippen LogP contribution in [-0.4, -0.2) is 17.7 Å². The minimum absolute atomic E-state index is 0.0515. The third-order valence-corrected chi connectivity index (χ3v) is 2.58. The van der Waals surface area contributed by atoms with Gasteiger partial charge in [-0.3, -0.25) is 4.79 Å². The molecule has 0 heterocycles. The Hall–Kier alpha value is -2.07. The lowest BCUT2D eigenvalue weighted by atomic mass is 9.97. The maximum Gasteiger partial charge on any atom is 0.417 e. The Morgan fingerprint density at radius 1 is 1.40 bits per heavy atom. The predicted octanol–water partition coefficient (Wildman–Crippen LogP) is 2.17. The highest BCUT2D eigenvalue weighted by atomic mass is 19.4. The van der Waals surface area contributed by atoms with Crippen molar-refractivity contribution in [2.75, 3.05) is 6.61 Å². The third-order valence-electron chi connectivity index (χ3n) is 2.58. The van der Waals surface area contributed by atoms with Gasteiger partial charge >= 0.3 is 12.1 Å². The van der Waals surface area contributed by atoms with Crippen molar-refractivity contribution in [3.63, 3.8) is 0 Å². The van der Waals surface area contributed by atoms with E-state index in [-0.39, 0.29) is 24.2 Å². The van der Waals surface area contributed by atoms with E-state index in [1.165, 1.54) is 6.07 Å². The van der Waals surface area contributed by atoms with Gasteiger partial charge in [-0.15, -0.1) is 0 Å². The largest absolute Gasteiger partial charge is 0.466 e. The van der Waals surface area contributed by atoms with E-state index in [9.17, 15) is 18.0 Å². The fourth-order valence-electron chi connectivity index (χ4n) is 1.70. The summed E-state index contributed by atoms with van der Waals surface area (Å²) in [6.07, 6.45) is -4.99. The summed E-state index contributed by atoms with van der Waals surface area (Å²) in [5.74, 6) is -0.633. The van der Waals surface area contributed by atoms with E-state index in [1.807, 2.05) is 0 Å². The van der Waals surface area contributed by atoms with Gasteiger partial charge in [-0.25, -0.2) is 0 Å². The Kier molecular flexibility index (Phi) is 5.11. The fourth-order valence-corrected chi connectivity index (χ4v) is 1.70. The number of nitrogens with zero attached hydrogens (tertiary/aromatic N) is 1. The monoisotopic (exact) mass is 287 g/mol. The van der Waals surface area contributed by atoms with Gasteiger partial charge in [0.25, 0.3) is 0 Å². The van der Waals surface area contributed by atoms with Crippen LogP contribution in [0.15, 0.2) is 12.1 Å². The second kappa shape index (κ2) is 6.39. The van der Waals surface area contributed by atoms with Crippen molar-refractivity contribution in [2.24, 2.45) is 0 Å². The lowest BCUT2D eigenvalue weighted by Crippen LogP contribution is -2.13. The van der Waals surface area contributed by atoms with Crippen molar-refractivity contribution in [1.29, 1.82) is 5.26 Å². The highest BCUT2D eigenvalue weighted by Gasteiger charge is 2.34. The Balaban J connectivity index is 3.27. The van der Waals surface area contributed by atoms with Gasteiger partial charge in [0, 0.05) is 0 Å². The Labute approximate surface area is 113 Å². The molecule has 1 aromatic carbocycles. The minimum Gasteiger partial charge on any atom is -0.466 e. The Morgan fingerprint density at radius 3 is 2.50 bits per heavy atom. The van der Waals surface area contributed by atoms with E-state index in [0.29, 0.717) is 6.07 Å². The highest BCUT2D eigenvalue weighted by Crippen LogP contribution is 2.33. The molecule has 4 nitrogen and oxygen atoms in total. The highest BCUT2D eigenvalue weighted by molar-refractivity contribution is 5.73. The summed E-state index contributed by atoms with van der Waals surface area (Å²) in [6, 6.07) is 3.10. The molecule has 0 aliphatic heterocycles. The molecule has 0 amide bonds. The average Bonchev–Trinajstić information content (AvgIpc) is 2.37. The van der Waals surface area contributed by atoms with Crippen molar-refractivity contribution < 1.29 is 27.8 Å². The zero-order chi connectivity index (χ0) is 15.3. The number of aliphatic hydroxyl groups is 1. The van der Waals surface area contributed by atoms with Crippen LogP contribution in [0.5, 0.6) is 0 Å². The molecule has 108 valence electrons. The van der Waals surface area contributed by atoms with Crippen LogP contribution in [0.2, 0.25) is 0 Å². The number of hydrogen-bond acceptors (Lipinski definition) is 4. The van der Waals surface area contributed by atoms with Crippen LogP contribution in [0, 0.1) is 11.3 Å². The number of esters is 1. The summed E-state index contributed by atoms with van der Waals surface area (Å²) < 4.78 is 42.9. The van der Waals surface area contributed by atoms with Crippen LogP contribution in [-0.2, 0) is 28.7 Å². The maximum atomic E-state index is 12.7. The van der Waals surface area contributed by atoms with Gasteiger partial charge in [0.1, 0.15) is 0 Å². The molecule has 0 bridgehead atoms. The molecular formula is C13H12F3NO3. The van der Waals surface area contributed by atoms with Crippen LogP contribution in [0.1, 0.15) is 29.2 Å². The van der Waals surface area contributed by atoms with Crippen LogP contribution in [0.4, 0.5) is 13.2 Å². The van der Waals surface area contributed by atoms with E-state index in [4.69, 9.17) is 15.1 Å². The normalized spacial score (nSPS) is 11.0. The molecule has 0 aromatic heterocycles. The van der Waals surface area contributed by atoms with Gasteiger partial charge in [0.2, 0.25) is 0 Å². The van der Waals surface area contributed by atoms with Crippen molar-refractivity contribution in [3.05, 3.63) is 34.4 Å². The zero-order valence-electron chi connectivity index (χ0n) is 10.6. The molecule has 0 saturated heterocycles. The summed E-state index contributed by atoms with van der Waals surface area (Å²) in [7, 11) is 0. The van der Waals surface area contributed by atoms with E-state index >= 15 is 0 Å². The number of alkyl halides is 3. The van der Waals surface area contributed by atoms with E-state index in [2.05, 4.69) is 0 Å². The standard InChI is InChI=1S/C13H12F3NO3/c1-2-20-12(19)5-8-3-9(6-17)11(13(14,15)16)4-10(8)7-18/h3-4,18H,2,5,7H2,1H3. The molecule has 20 heavy (non-hydrogen) atoms. The van der Waals surface area contributed by atoms with Crippen LogP contribution in [0.25, 0.3) is 0 Å². The lowest BCUT2D eigenvalue weighted by molar-refractivity contribution is -0.142. The second-order valence-electron chi connectivity index (χ2n) is 3.92. The number of carbonyl (C=O) groups excluding carboxylic acids is 1. The first-order valence-corrected chi connectivity index (χ1v) is 5.73. The number of rotatable bonds is 4. The average molecular weight is 287 g/mol. The number of carbonyl (C=O) groups is 1. The first-order chi connectivity index (χ1) is 9.33. The molecule has 0 radical (unpaired) electrons. The lowest BCUT2D eigenvalue weighted by Gasteiger charge is -2.14. The molecule has 0 saturated carbocycles. The molecule has 7 heteroatoms. The number of ether oxygens (including phenoxy) is 1. The number of benzene rings is 1. The van der Waals surface area contributed by atoms with Crippen LogP contribution >= 0.6 is 0 Å². The summed E-state index contributed by atoms with van der Waals surface area (Å²) >= 11 is 0. The minimum atomic E-state index is -4.70. The SMILES string of the molecule is CCOC(=O)Cc1cc(C#N)c(C(F)(F)F)cc1CO. The Bertz CT molecular complexity index is 547. The number of halogens is 3. The van der Waals surface area contributed by atoms with Gasteiger partial charge in [0.05, 0.1) is 36.8 Å². The van der Waals surface area contributed by atoms with Crippen molar-refractivity contribution >= 4 is 5.97 Å². The van der Waals surface area contributed by atoms with Gasteiger partial charge in [-0.05, 0) is 30.2 Å². The smallest absolute Gasteiger partial charge is 0.417 e. The van der Waals surface area contributed by atoms with Crippen LogP contribution < -0.4 is 0 Å². The Morgan fingerprint density at radius 2 is 2.05 bits per heavy atom. The summed E-state index contributed by atoms with van der Waals surface area (Å²) in [6.45, 7) is 1.07. The van der Waals surface area contributed by atoms with E-state index < -0.39 is 29.9 Å². The third kappa shape index (κ3) is 3.71. The molecule has 0 aliphatic carbocycles. The quantitative estimate of drug-likeness (QED) is 0.862. The number of hydrogen-bond donors (Lipinski definition) is 1.